The van der Waals surface area contributed by atoms with Crippen molar-refractivity contribution in [2.75, 3.05) is 23.3 Å². The molecule has 0 bridgehead atoms. The van der Waals surface area contributed by atoms with Gasteiger partial charge in [0.25, 0.3) is 0 Å². The number of H-pyrrole nitrogens is 1. The Hall–Kier alpha value is -2.91. The smallest absolute Gasteiger partial charge is 0.196 e. The number of aromatic nitrogens is 4. The Kier molecular flexibility index (Phi) is 7.06. The zero-order valence-corrected chi connectivity index (χ0v) is 19.3. The van der Waals surface area contributed by atoms with Crippen molar-refractivity contribution in [3.63, 3.8) is 0 Å². The first-order valence-electron chi connectivity index (χ1n) is 11.0. The van der Waals surface area contributed by atoms with E-state index >= 15 is 0 Å². The highest BCUT2D eigenvalue weighted by molar-refractivity contribution is 7.99. The predicted octanol–water partition coefficient (Wildman–Crippen LogP) is 3.85. The van der Waals surface area contributed by atoms with Gasteiger partial charge in [-0.2, -0.15) is 5.10 Å². The monoisotopic (exact) mass is 451 g/mol. The third-order valence-electron chi connectivity index (χ3n) is 5.45. The van der Waals surface area contributed by atoms with E-state index < -0.39 is 0 Å². The topological polar surface area (TPSA) is 113 Å². The molecule has 0 saturated carbocycles. The van der Waals surface area contributed by atoms with E-state index in [4.69, 9.17) is 15.7 Å². The number of nitrogens with zero attached hydrogens (tertiary/aromatic N) is 4. The summed E-state index contributed by atoms with van der Waals surface area (Å²) in [6, 6.07) is 12.2. The lowest BCUT2D eigenvalue weighted by atomic mass is 10.1. The van der Waals surface area contributed by atoms with Crippen LogP contribution in [0.15, 0.2) is 46.5 Å². The van der Waals surface area contributed by atoms with Gasteiger partial charge in [0.2, 0.25) is 0 Å². The molecule has 3 heterocycles. The van der Waals surface area contributed by atoms with Crippen molar-refractivity contribution in [2.24, 2.45) is 5.73 Å². The Balaban J connectivity index is 1.56. The molecule has 2 aromatic heterocycles. The largest absolute Gasteiger partial charge is 0.356 e. The van der Waals surface area contributed by atoms with Crippen molar-refractivity contribution in [2.45, 2.75) is 55.6 Å². The van der Waals surface area contributed by atoms with Crippen LogP contribution in [0, 0.1) is 6.92 Å². The molecule has 4 rings (SSSR count). The molecule has 168 valence electrons. The van der Waals surface area contributed by atoms with E-state index in [-0.39, 0.29) is 11.8 Å². The van der Waals surface area contributed by atoms with Crippen molar-refractivity contribution < 1.29 is 4.79 Å². The summed E-state index contributed by atoms with van der Waals surface area (Å²) in [5, 5.41) is 11.1. The number of hydrogen-bond acceptors (Lipinski definition) is 8. The standard InChI is InChI=1S/C23H29N7OS/c1-3-18(31)13-16-4-6-19(7-5-16)32-23-26-20(25-21-12-15(2)28-29-21)14-22(27-23)30-10-8-17(24)9-11-30/h4-7,12,14,17H,3,8-11,13,24H2,1-2H3,(H2,25,26,27,28,29). The summed E-state index contributed by atoms with van der Waals surface area (Å²) in [6.07, 6.45) is 2.93. The molecule has 8 nitrogen and oxygen atoms in total. The van der Waals surface area contributed by atoms with Crippen LogP contribution in [-0.2, 0) is 11.2 Å². The second kappa shape index (κ2) is 10.1. The minimum absolute atomic E-state index is 0.243. The summed E-state index contributed by atoms with van der Waals surface area (Å²) in [6.45, 7) is 5.61. The number of hydrogen-bond donors (Lipinski definition) is 3. The normalized spacial score (nSPS) is 14.5. The lowest BCUT2D eigenvalue weighted by Gasteiger charge is -2.31. The van der Waals surface area contributed by atoms with E-state index in [1.54, 1.807) is 0 Å². The Bertz CT molecular complexity index is 1060. The molecule has 0 atom stereocenters. The first-order chi connectivity index (χ1) is 15.5. The van der Waals surface area contributed by atoms with E-state index in [0.717, 1.165) is 47.9 Å². The number of benzene rings is 1. The van der Waals surface area contributed by atoms with Gasteiger partial charge in [0.1, 0.15) is 17.4 Å². The molecule has 1 aliphatic rings. The third-order valence-corrected chi connectivity index (χ3v) is 6.32. The zero-order valence-electron chi connectivity index (χ0n) is 18.5. The van der Waals surface area contributed by atoms with Crippen LogP contribution in [0.2, 0.25) is 0 Å². The number of aryl methyl sites for hydroxylation is 1. The molecule has 3 aromatic rings. The molecule has 0 unspecified atom stereocenters. The van der Waals surface area contributed by atoms with Gasteiger partial charge in [0.15, 0.2) is 11.0 Å². The van der Waals surface area contributed by atoms with Gasteiger partial charge >= 0.3 is 0 Å². The highest BCUT2D eigenvalue weighted by atomic mass is 32.2. The zero-order chi connectivity index (χ0) is 22.5. The highest BCUT2D eigenvalue weighted by Crippen LogP contribution is 2.30. The maximum atomic E-state index is 11.7. The molecule has 0 radical (unpaired) electrons. The summed E-state index contributed by atoms with van der Waals surface area (Å²) in [4.78, 5) is 24.5. The molecule has 1 fully saturated rings. The molecule has 0 spiro atoms. The quantitative estimate of drug-likeness (QED) is 0.443. The lowest BCUT2D eigenvalue weighted by Crippen LogP contribution is -2.40. The average Bonchev–Trinajstić information content (AvgIpc) is 3.19. The second-order valence-electron chi connectivity index (χ2n) is 8.09. The molecule has 4 N–H and O–H groups in total. The van der Waals surface area contributed by atoms with Crippen LogP contribution in [0.1, 0.15) is 37.4 Å². The van der Waals surface area contributed by atoms with E-state index in [1.165, 1.54) is 11.8 Å². The molecule has 32 heavy (non-hydrogen) atoms. The fourth-order valence-electron chi connectivity index (χ4n) is 3.56. The van der Waals surface area contributed by atoms with E-state index in [2.05, 4.69) is 20.4 Å². The number of ketones is 1. The lowest BCUT2D eigenvalue weighted by molar-refractivity contribution is -0.118. The van der Waals surface area contributed by atoms with Gasteiger partial charge in [-0.25, -0.2) is 9.97 Å². The van der Waals surface area contributed by atoms with E-state index in [0.29, 0.717) is 29.6 Å². The number of aromatic amines is 1. The average molecular weight is 452 g/mol. The maximum absolute atomic E-state index is 11.7. The molecule has 1 aliphatic heterocycles. The molecule has 0 amide bonds. The molecule has 0 aliphatic carbocycles. The Morgan fingerprint density at radius 1 is 1.19 bits per heavy atom. The van der Waals surface area contributed by atoms with Gasteiger partial charge in [-0.05, 0) is 49.2 Å². The number of rotatable bonds is 8. The fourth-order valence-corrected chi connectivity index (χ4v) is 4.33. The third kappa shape index (κ3) is 5.86. The van der Waals surface area contributed by atoms with Gasteiger partial charge in [0.05, 0.1) is 0 Å². The molecule has 9 heteroatoms. The molecule has 1 aromatic carbocycles. The van der Waals surface area contributed by atoms with Crippen LogP contribution in [-0.4, -0.2) is 45.1 Å². The van der Waals surface area contributed by atoms with Crippen LogP contribution < -0.4 is 16.0 Å². The first kappa shape index (κ1) is 22.3. The molecular formula is C23H29N7OS. The van der Waals surface area contributed by atoms with Crippen LogP contribution >= 0.6 is 11.8 Å². The van der Waals surface area contributed by atoms with E-state index in [9.17, 15) is 4.79 Å². The van der Waals surface area contributed by atoms with Crippen LogP contribution in [0.5, 0.6) is 0 Å². The summed E-state index contributed by atoms with van der Waals surface area (Å²) in [5.74, 6) is 2.54. The van der Waals surface area contributed by atoms with E-state index in [1.807, 2.05) is 50.2 Å². The van der Waals surface area contributed by atoms with Gasteiger partial charge < -0.3 is 16.0 Å². The van der Waals surface area contributed by atoms with Crippen LogP contribution in [0.3, 0.4) is 0 Å². The van der Waals surface area contributed by atoms with Crippen LogP contribution in [0.4, 0.5) is 17.5 Å². The Morgan fingerprint density at radius 2 is 1.94 bits per heavy atom. The predicted molar refractivity (Wildman–Crippen MR) is 128 cm³/mol. The van der Waals surface area contributed by atoms with Gasteiger partial charge in [-0.3, -0.25) is 9.89 Å². The van der Waals surface area contributed by atoms with Gasteiger partial charge in [-0.1, -0.05) is 19.1 Å². The first-order valence-corrected chi connectivity index (χ1v) is 11.8. The number of Topliss-reactive ketones (excluding diaryl/α,β-unsaturated/α-hetero) is 1. The summed E-state index contributed by atoms with van der Waals surface area (Å²) >= 11 is 1.50. The highest BCUT2D eigenvalue weighted by Gasteiger charge is 2.19. The van der Waals surface area contributed by atoms with Gasteiger partial charge in [-0.15, -0.1) is 0 Å². The number of nitrogens with two attached hydrogens (primary N) is 1. The summed E-state index contributed by atoms with van der Waals surface area (Å²) in [7, 11) is 0. The SMILES string of the molecule is CCC(=O)Cc1ccc(Sc2nc(Nc3cc(C)[nH]n3)cc(N3CCC(N)CC3)n2)cc1. The number of anilines is 3. The van der Waals surface area contributed by atoms with Crippen molar-refractivity contribution >= 4 is 35.0 Å². The molecular weight excluding hydrogens is 422 g/mol. The maximum Gasteiger partial charge on any atom is 0.196 e. The Labute approximate surface area is 192 Å². The fraction of sp³-hybridized carbons (Fsp3) is 0.391. The van der Waals surface area contributed by atoms with Gasteiger partial charge in [0, 0.05) is 54.7 Å². The van der Waals surface area contributed by atoms with Crippen molar-refractivity contribution in [1.29, 1.82) is 0 Å². The minimum atomic E-state index is 0.243. The van der Waals surface area contributed by atoms with Crippen molar-refractivity contribution in [3.05, 3.63) is 47.7 Å². The number of nitrogens with one attached hydrogen (secondary N) is 2. The second-order valence-corrected chi connectivity index (χ2v) is 9.14. The van der Waals surface area contributed by atoms with Crippen molar-refractivity contribution in [3.8, 4) is 0 Å². The van der Waals surface area contributed by atoms with Crippen LogP contribution in [0.25, 0.3) is 0 Å². The Morgan fingerprint density at radius 3 is 2.59 bits per heavy atom. The number of carbonyl (C=O) groups is 1. The molecule has 1 saturated heterocycles. The summed E-state index contributed by atoms with van der Waals surface area (Å²) in [5.41, 5.74) is 8.08. The summed E-state index contributed by atoms with van der Waals surface area (Å²) < 4.78 is 0. The minimum Gasteiger partial charge on any atom is -0.356 e. The van der Waals surface area contributed by atoms with Crippen molar-refractivity contribution in [1.82, 2.24) is 20.2 Å². The number of piperidine rings is 1. The number of carbonyl (C=O) groups excluding carboxylic acids is 1.